The Morgan fingerprint density at radius 1 is 1.16 bits per heavy atom. The SMILES string of the molecule is Cc1c(NC(=O)c2ccco2)ccc2nc(NCCC(C(=O)N3CCN(C)CC3)S(C)(=O)=O)oc(=O)c12. The fraction of sp³-hybridized carbons (Fsp3) is 0.417. The van der Waals surface area contributed by atoms with Gasteiger partial charge in [-0.1, -0.05) is 0 Å². The van der Waals surface area contributed by atoms with E-state index in [4.69, 9.17) is 8.83 Å². The van der Waals surface area contributed by atoms with Crippen molar-refractivity contribution in [3.8, 4) is 0 Å². The average molecular weight is 532 g/mol. The topological polar surface area (TPSA) is 155 Å². The summed E-state index contributed by atoms with van der Waals surface area (Å²) < 4.78 is 35.1. The number of fused-ring (bicyclic) bond motifs is 1. The molecule has 1 aliphatic heterocycles. The lowest BCUT2D eigenvalue weighted by Crippen LogP contribution is -2.52. The molecule has 0 aliphatic carbocycles. The third-order valence-electron chi connectivity index (χ3n) is 6.34. The van der Waals surface area contributed by atoms with Crippen LogP contribution < -0.4 is 16.3 Å². The van der Waals surface area contributed by atoms with Crippen molar-refractivity contribution in [2.24, 2.45) is 0 Å². The number of hydrogen-bond donors (Lipinski definition) is 2. The van der Waals surface area contributed by atoms with Gasteiger partial charge in [-0.05, 0) is 50.2 Å². The van der Waals surface area contributed by atoms with E-state index in [0.717, 1.165) is 6.26 Å². The van der Waals surface area contributed by atoms with Gasteiger partial charge >= 0.3 is 5.63 Å². The molecule has 1 aliphatic rings. The molecule has 37 heavy (non-hydrogen) atoms. The first-order valence-corrected chi connectivity index (χ1v) is 13.7. The number of aromatic nitrogens is 1. The number of carbonyl (C=O) groups excluding carboxylic acids is 2. The van der Waals surface area contributed by atoms with Gasteiger partial charge in [-0.15, -0.1) is 0 Å². The number of furan rings is 1. The smallest absolute Gasteiger partial charge is 0.348 e. The van der Waals surface area contributed by atoms with Crippen molar-refractivity contribution in [1.29, 1.82) is 0 Å². The highest BCUT2D eigenvalue weighted by Gasteiger charge is 2.33. The van der Waals surface area contributed by atoms with Crippen molar-refractivity contribution in [3.05, 3.63) is 52.3 Å². The summed E-state index contributed by atoms with van der Waals surface area (Å²) in [7, 11) is -1.71. The van der Waals surface area contributed by atoms with Gasteiger partial charge in [-0.3, -0.25) is 9.59 Å². The lowest BCUT2D eigenvalue weighted by Gasteiger charge is -2.34. The summed E-state index contributed by atoms with van der Waals surface area (Å²) in [6.45, 7) is 4.01. The molecule has 12 nitrogen and oxygen atoms in total. The molecule has 1 unspecified atom stereocenters. The summed E-state index contributed by atoms with van der Waals surface area (Å²) in [4.78, 5) is 45.9. The number of carbonyl (C=O) groups is 2. The predicted octanol–water partition coefficient (Wildman–Crippen LogP) is 1.33. The summed E-state index contributed by atoms with van der Waals surface area (Å²) >= 11 is 0. The second-order valence-electron chi connectivity index (χ2n) is 9.03. The molecule has 2 N–H and O–H groups in total. The molecule has 1 aromatic carbocycles. The normalized spacial score (nSPS) is 15.5. The number of aryl methyl sites for hydroxylation is 1. The van der Waals surface area contributed by atoms with Crippen LogP contribution in [-0.4, -0.2) is 86.3 Å². The van der Waals surface area contributed by atoms with Crippen molar-refractivity contribution < 1.29 is 26.8 Å². The molecular formula is C24H29N5O7S. The third kappa shape index (κ3) is 6.00. The van der Waals surface area contributed by atoms with Crippen LogP contribution in [0.1, 0.15) is 22.5 Å². The molecule has 1 saturated heterocycles. The minimum atomic E-state index is -3.66. The molecule has 2 amide bonds. The Labute approximate surface area is 213 Å². The first kappa shape index (κ1) is 26.4. The molecule has 0 bridgehead atoms. The van der Waals surface area contributed by atoms with Crippen LogP contribution in [-0.2, 0) is 14.6 Å². The molecule has 3 heterocycles. The van der Waals surface area contributed by atoms with E-state index in [1.54, 1.807) is 30.0 Å². The maximum absolute atomic E-state index is 12.9. The molecule has 198 valence electrons. The van der Waals surface area contributed by atoms with Crippen LogP contribution in [0, 0.1) is 6.92 Å². The van der Waals surface area contributed by atoms with E-state index < -0.39 is 32.5 Å². The molecule has 0 spiro atoms. The van der Waals surface area contributed by atoms with Crippen molar-refractivity contribution in [1.82, 2.24) is 14.8 Å². The van der Waals surface area contributed by atoms with E-state index in [0.29, 0.717) is 42.9 Å². The number of likely N-dealkylation sites (N-methyl/N-ethyl adjacent to an activating group) is 1. The fourth-order valence-electron chi connectivity index (χ4n) is 4.18. The Kier molecular flexibility index (Phi) is 7.64. The van der Waals surface area contributed by atoms with Crippen molar-refractivity contribution in [3.63, 3.8) is 0 Å². The summed E-state index contributed by atoms with van der Waals surface area (Å²) in [6, 6.07) is 6.20. The highest BCUT2D eigenvalue weighted by Crippen LogP contribution is 2.24. The summed E-state index contributed by atoms with van der Waals surface area (Å²) in [5.74, 6) is -0.762. The molecule has 0 radical (unpaired) electrons. The van der Waals surface area contributed by atoms with Crippen LogP contribution in [0.15, 0.2) is 44.2 Å². The second-order valence-corrected chi connectivity index (χ2v) is 11.3. The van der Waals surface area contributed by atoms with E-state index in [2.05, 4.69) is 20.5 Å². The fourth-order valence-corrected chi connectivity index (χ4v) is 5.24. The number of anilines is 2. The van der Waals surface area contributed by atoms with Crippen LogP contribution in [0.3, 0.4) is 0 Å². The first-order valence-electron chi connectivity index (χ1n) is 11.7. The summed E-state index contributed by atoms with van der Waals surface area (Å²) in [5, 5.41) is 4.51. The number of nitrogens with one attached hydrogen (secondary N) is 2. The zero-order chi connectivity index (χ0) is 26.7. The molecule has 3 aromatic rings. The lowest BCUT2D eigenvalue weighted by atomic mass is 10.1. The van der Waals surface area contributed by atoms with Crippen LogP contribution in [0.5, 0.6) is 0 Å². The Balaban J connectivity index is 1.46. The maximum Gasteiger partial charge on any atom is 0.348 e. The Morgan fingerprint density at radius 2 is 1.89 bits per heavy atom. The Bertz CT molecular complexity index is 1460. The van der Waals surface area contributed by atoms with Crippen molar-refractivity contribution in [2.75, 3.05) is 56.7 Å². The van der Waals surface area contributed by atoms with Gasteiger partial charge in [0.1, 0.15) is 5.25 Å². The maximum atomic E-state index is 12.9. The zero-order valence-corrected chi connectivity index (χ0v) is 21.6. The molecule has 1 fully saturated rings. The van der Waals surface area contributed by atoms with Crippen LogP contribution in [0.25, 0.3) is 10.9 Å². The van der Waals surface area contributed by atoms with Crippen LogP contribution >= 0.6 is 0 Å². The number of nitrogens with zero attached hydrogens (tertiary/aromatic N) is 3. The monoisotopic (exact) mass is 531 g/mol. The van der Waals surface area contributed by atoms with E-state index in [1.807, 2.05) is 7.05 Å². The quantitative estimate of drug-likeness (QED) is 0.435. The van der Waals surface area contributed by atoms with Crippen molar-refractivity contribution in [2.45, 2.75) is 18.6 Å². The number of rotatable bonds is 8. The first-order chi connectivity index (χ1) is 17.5. The Morgan fingerprint density at radius 3 is 2.54 bits per heavy atom. The second kappa shape index (κ2) is 10.7. The molecule has 2 aromatic heterocycles. The lowest BCUT2D eigenvalue weighted by molar-refractivity contribution is -0.132. The number of hydrogen-bond acceptors (Lipinski definition) is 10. The van der Waals surface area contributed by atoms with Gasteiger partial charge in [0.05, 0.1) is 17.2 Å². The van der Waals surface area contributed by atoms with Gasteiger partial charge in [0.15, 0.2) is 15.6 Å². The molecule has 13 heteroatoms. The minimum Gasteiger partial charge on any atom is -0.459 e. The summed E-state index contributed by atoms with van der Waals surface area (Å²) in [5.41, 5.74) is 0.537. The standard InChI is InChI=1S/C24H29N5O7S/c1-15-16(26-21(30)18-5-4-14-35-18)6-7-17-20(15)23(32)36-24(27-17)25-9-8-19(37(3,33)34)22(31)29-12-10-28(2)11-13-29/h4-7,14,19H,8-13H2,1-3H3,(H,25,27)(H,26,30). The molecular weight excluding hydrogens is 502 g/mol. The highest BCUT2D eigenvalue weighted by molar-refractivity contribution is 7.92. The van der Waals surface area contributed by atoms with Gasteiger partial charge in [0.2, 0.25) is 5.91 Å². The van der Waals surface area contributed by atoms with E-state index in [-0.39, 0.29) is 30.1 Å². The molecule has 4 rings (SSSR count). The minimum absolute atomic E-state index is 0.00971. The number of piperazine rings is 1. The average Bonchev–Trinajstić information content (AvgIpc) is 3.38. The largest absolute Gasteiger partial charge is 0.459 e. The zero-order valence-electron chi connectivity index (χ0n) is 20.8. The highest BCUT2D eigenvalue weighted by atomic mass is 32.2. The molecule has 1 atom stereocenters. The van der Waals surface area contributed by atoms with E-state index in [9.17, 15) is 22.8 Å². The Hall–Kier alpha value is -3.71. The van der Waals surface area contributed by atoms with E-state index >= 15 is 0 Å². The number of sulfone groups is 1. The number of amides is 2. The third-order valence-corrected chi connectivity index (χ3v) is 7.81. The molecule has 0 saturated carbocycles. The van der Waals surface area contributed by atoms with Crippen LogP contribution in [0.2, 0.25) is 0 Å². The van der Waals surface area contributed by atoms with Gasteiger partial charge in [-0.2, -0.15) is 4.98 Å². The number of benzene rings is 1. The van der Waals surface area contributed by atoms with Gasteiger partial charge < -0.3 is 29.3 Å². The van der Waals surface area contributed by atoms with Gasteiger partial charge in [-0.25, -0.2) is 13.2 Å². The van der Waals surface area contributed by atoms with Crippen molar-refractivity contribution >= 4 is 44.3 Å². The van der Waals surface area contributed by atoms with Gasteiger partial charge in [0, 0.05) is 44.7 Å². The predicted molar refractivity (Wildman–Crippen MR) is 137 cm³/mol. The summed E-state index contributed by atoms with van der Waals surface area (Å²) in [6.07, 6.45) is 2.42. The van der Waals surface area contributed by atoms with Crippen LogP contribution in [0.4, 0.5) is 11.7 Å². The van der Waals surface area contributed by atoms with E-state index in [1.165, 1.54) is 12.3 Å². The van der Waals surface area contributed by atoms with Gasteiger partial charge in [0.25, 0.3) is 11.9 Å².